The number of likely N-dealkylation sites (N-methyl/N-ethyl adjacent to an activating group) is 1. The number of nitrogens with one attached hydrogen (secondary N) is 1. The highest BCUT2D eigenvalue weighted by Crippen LogP contribution is 2.36. The van der Waals surface area contributed by atoms with Gasteiger partial charge in [-0.1, -0.05) is 18.1 Å². The van der Waals surface area contributed by atoms with Crippen molar-refractivity contribution in [2.24, 2.45) is 11.8 Å². The van der Waals surface area contributed by atoms with E-state index in [4.69, 9.17) is 14.0 Å². The molecule has 2 amide bonds. The first-order valence-corrected chi connectivity index (χ1v) is 14.9. The molecule has 3 atom stereocenters. The second-order valence-electron chi connectivity index (χ2n) is 10.6. The van der Waals surface area contributed by atoms with Crippen LogP contribution in [0.25, 0.3) is 0 Å². The number of fused-ring (bicyclic) bond motifs is 1. The minimum atomic E-state index is -3.97. The minimum absolute atomic E-state index is 0.00372. The third-order valence-electron chi connectivity index (χ3n) is 7.61. The van der Waals surface area contributed by atoms with Crippen LogP contribution < -0.4 is 10.1 Å². The van der Waals surface area contributed by atoms with Crippen LogP contribution in [0, 0.1) is 25.7 Å². The molecule has 1 aromatic carbocycles. The van der Waals surface area contributed by atoms with E-state index in [2.05, 4.69) is 10.5 Å². The Hall–Kier alpha value is -3.00. The maximum Gasteiger partial charge on any atom is 0.258 e. The van der Waals surface area contributed by atoms with Gasteiger partial charge in [-0.25, -0.2) is 8.42 Å². The molecule has 220 valence electrons. The highest BCUT2D eigenvalue weighted by atomic mass is 32.2. The summed E-state index contributed by atoms with van der Waals surface area (Å²) in [5, 5.41) is 16.6. The van der Waals surface area contributed by atoms with E-state index in [9.17, 15) is 23.1 Å². The van der Waals surface area contributed by atoms with Gasteiger partial charge < -0.3 is 29.3 Å². The van der Waals surface area contributed by atoms with Gasteiger partial charge in [0.25, 0.3) is 5.91 Å². The third kappa shape index (κ3) is 6.02. The molecule has 2 aliphatic rings. The number of anilines is 1. The molecular formula is C27H38N4O8S. The molecular weight excluding hydrogens is 540 g/mol. The van der Waals surface area contributed by atoms with Gasteiger partial charge in [0.15, 0.2) is 11.5 Å². The zero-order chi connectivity index (χ0) is 29.2. The van der Waals surface area contributed by atoms with E-state index < -0.39 is 22.2 Å². The second-order valence-corrected chi connectivity index (χ2v) is 12.6. The van der Waals surface area contributed by atoms with Crippen molar-refractivity contribution < 1.29 is 37.1 Å². The number of carbonyl (C=O) groups is 2. The molecule has 1 aromatic heterocycles. The van der Waals surface area contributed by atoms with Gasteiger partial charge in [0.2, 0.25) is 15.9 Å². The zero-order valence-corrected chi connectivity index (χ0v) is 24.4. The molecule has 0 saturated carbocycles. The van der Waals surface area contributed by atoms with Crippen molar-refractivity contribution in [1.82, 2.24) is 14.4 Å². The van der Waals surface area contributed by atoms with Gasteiger partial charge in [-0.15, -0.1) is 0 Å². The van der Waals surface area contributed by atoms with E-state index in [0.717, 1.165) is 0 Å². The van der Waals surface area contributed by atoms with Crippen LogP contribution in [0.4, 0.5) is 5.69 Å². The van der Waals surface area contributed by atoms with Crippen molar-refractivity contribution in [2.75, 3.05) is 45.3 Å². The summed E-state index contributed by atoms with van der Waals surface area (Å²) in [4.78, 5) is 28.3. The highest BCUT2D eigenvalue weighted by molar-refractivity contribution is 7.89. The number of aromatic nitrogens is 1. The predicted molar refractivity (Wildman–Crippen MR) is 146 cm³/mol. The van der Waals surface area contributed by atoms with Gasteiger partial charge in [-0.2, -0.15) is 4.31 Å². The van der Waals surface area contributed by atoms with Crippen molar-refractivity contribution in [3.8, 4) is 5.75 Å². The van der Waals surface area contributed by atoms with Crippen LogP contribution in [-0.4, -0.2) is 91.8 Å². The molecule has 12 nitrogen and oxygen atoms in total. The van der Waals surface area contributed by atoms with E-state index in [1.54, 1.807) is 43.9 Å². The summed E-state index contributed by atoms with van der Waals surface area (Å²) >= 11 is 0. The number of ether oxygens (including phenoxy) is 2. The van der Waals surface area contributed by atoms with Gasteiger partial charge in [-0.3, -0.25) is 9.59 Å². The molecule has 0 radical (unpaired) electrons. The number of benzene rings is 1. The Labute approximate surface area is 234 Å². The average molecular weight is 579 g/mol. The van der Waals surface area contributed by atoms with Gasteiger partial charge in [0.1, 0.15) is 16.7 Å². The Kier molecular flexibility index (Phi) is 9.18. The lowest BCUT2D eigenvalue weighted by atomic mass is 9.98. The van der Waals surface area contributed by atoms with Gasteiger partial charge >= 0.3 is 0 Å². The second kappa shape index (κ2) is 12.2. The maximum atomic E-state index is 13.7. The Morgan fingerprint density at radius 2 is 1.98 bits per heavy atom. The normalized spacial score (nSPS) is 21.4. The summed E-state index contributed by atoms with van der Waals surface area (Å²) in [6, 6.07) is 4.44. The third-order valence-corrected chi connectivity index (χ3v) is 9.68. The number of rotatable bonds is 8. The number of aliphatic hydroxyl groups excluding tert-OH is 1. The van der Waals surface area contributed by atoms with E-state index in [0.29, 0.717) is 31.7 Å². The number of nitrogens with zero attached hydrogens (tertiary/aromatic N) is 3. The molecule has 0 aliphatic carbocycles. The number of sulfonamides is 1. The van der Waals surface area contributed by atoms with Gasteiger partial charge in [0, 0.05) is 38.6 Å². The van der Waals surface area contributed by atoms with Crippen LogP contribution in [-0.2, 0) is 19.6 Å². The zero-order valence-electron chi connectivity index (χ0n) is 23.5. The van der Waals surface area contributed by atoms with E-state index >= 15 is 0 Å². The number of aryl methyl sites for hydroxylation is 2. The molecule has 0 spiro atoms. The molecule has 0 unspecified atom stereocenters. The molecule has 4 rings (SSSR count). The van der Waals surface area contributed by atoms with Crippen LogP contribution >= 0.6 is 0 Å². The summed E-state index contributed by atoms with van der Waals surface area (Å²) in [6.07, 6.45) is 0.473. The largest absolute Gasteiger partial charge is 0.486 e. The lowest BCUT2D eigenvalue weighted by Crippen LogP contribution is -2.50. The summed E-state index contributed by atoms with van der Waals surface area (Å²) in [5.74, 6) is -0.761. The molecule has 13 heteroatoms. The van der Waals surface area contributed by atoms with Gasteiger partial charge in [-0.05, 0) is 45.7 Å². The molecule has 1 fully saturated rings. The fourth-order valence-electron chi connectivity index (χ4n) is 5.10. The minimum Gasteiger partial charge on any atom is -0.486 e. The smallest absolute Gasteiger partial charge is 0.258 e. The van der Waals surface area contributed by atoms with Crippen LogP contribution in [0.2, 0.25) is 0 Å². The first-order chi connectivity index (χ1) is 18.9. The molecule has 1 saturated heterocycles. The van der Waals surface area contributed by atoms with Crippen LogP contribution in [0.15, 0.2) is 27.6 Å². The molecule has 2 N–H and O–H groups in total. The van der Waals surface area contributed by atoms with E-state index in [1.165, 1.54) is 11.4 Å². The van der Waals surface area contributed by atoms with Crippen molar-refractivity contribution >= 4 is 27.5 Å². The summed E-state index contributed by atoms with van der Waals surface area (Å²) < 4.78 is 45.1. The standard InChI is InChI=1S/C27H38N4O8S/c1-16-13-31(17(2)15-32)27(34)21-7-6-8-22(28-26(33)20-9-11-37-12-10-20)24(21)38-23(16)14-30(5)40(35,36)25-18(3)29-39-19(25)4/h6-8,16-17,20,23,32H,9-15H2,1-5H3,(H,28,33)/t16-,17-,23-/m0/s1. The molecule has 0 bridgehead atoms. The quantitative estimate of drug-likeness (QED) is 0.480. The summed E-state index contributed by atoms with van der Waals surface area (Å²) in [7, 11) is -2.52. The van der Waals surface area contributed by atoms with E-state index in [-0.39, 0.29) is 71.0 Å². The lowest BCUT2D eigenvalue weighted by Gasteiger charge is -2.38. The molecule has 2 aromatic rings. The first kappa shape index (κ1) is 30.0. The summed E-state index contributed by atoms with van der Waals surface area (Å²) in [6.45, 7) is 7.63. The number of hydrogen-bond donors (Lipinski definition) is 2. The molecule has 2 aliphatic heterocycles. The first-order valence-electron chi connectivity index (χ1n) is 13.4. The number of para-hydroxylation sites is 1. The Morgan fingerprint density at radius 3 is 2.60 bits per heavy atom. The SMILES string of the molecule is Cc1noc(C)c1S(=O)(=O)N(C)C[C@@H]1Oc2c(NC(=O)C3CCOCC3)cccc2C(=O)N([C@@H](C)CO)C[C@@H]1C. The van der Waals surface area contributed by atoms with Crippen LogP contribution in [0.3, 0.4) is 0 Å². The summed E-state index contributed by atoms with van der Waals surface area (Å²) in [5.41, 5.74) is 0.806. The topological polar surface area (TPSA) is 152 Å². The fourth-order valence-corrected chi connectivity index (χ4v) is 6.57. The monoisotopic (exact) mass is 578 g/mol. The van der Waals surface area contributed by atoms with Gasteiger partial charge in [0.05, 0.1) is 30.4 Å². The van der Waals surface area contributed by atoms with Crippen LogP contribution in [0.5, 0.6) is 5.75 Å². The van der Waals surface area contributed by atoms with Crippen molar-refractivity contribution in [3.05, 3.63) is 35.2 Å². The fraction of sp³-hybridized carbons (Fsp3) is 0.593. The van der Waals surface area contributed by atoms with Crippen molar-refractivity contribution in [2.45, 2.75) is 57.6 Å². The average Bonchev–Trinajstić information content (AvgIpc) is 3.29. The predicted octanol–water partition coefficient (Wildman–Crippen LogP) is 2.20. The van der Waals surface area contributed by atoms with Crippen LogP contribution in [0.1, 0.15) is 48.5 Å². The molecule has 3 heterocycles. The number of aliphatic hydroxyl groups is 1. The number of hydrogen-bond acceptors (Lipinski definition) is 9. The Morgan fingerprint density at radius 1 is 1.27 bits per heavy atom. The Balaban J connectivity index is 1.71. The lowest BCUT2D eigenvalue weighted by molar-refractivity contribution is -0.122. The van der Waals surface area contributed by atoms with E-state index in [1.807, 2.05) is 6.92 Å². The Bertz CT molecular complexity index is 1320. The molecule has 40 heavy (non-hydrogen) atoms. The van der Waals surface area contributed by atoms with Crippen molar-refractivity contribution in [3.63, 3.8) is 0 Å². The maximum absolute atomic E-state index is 13.7. The number of amides is 2. The number of carbonyl (C=O) groups excluding carboxylic acids is 2. The highest BCUT2D eigenvalue weighted by Gasteiger charge is 2.37. The van der Waals surface area contributed by atoms with Crippen molar-refractivity contribution in [1.29, 1.82) is 0 Å².